The van der Waals surface area contributed by atoms with Gasteiger partial charge in [0.05, 0.1) is 23.8 Å². The first kappa shape index (κ1) is 18.0. The van der Waals surface area contributed by atoms with Gasteiger partial charge in [0.1, 0.15) is 23.8 Å². The lowest BCUT2D eigenvalue weighted by molar-refractivity contribution is -0.274. The molecule has 0 aliphatic heterocycles. The second-order valence-corrected chi connectivity index (χ2v) is 5.24. The van der Waals surface area contributed by atoms with Gasteiger partial charge in [-0.05, 0) is 31.2 Å². The van der Waals surface area contributed by atoms with Crippen LogP contribution in [0.1, 0.15) is 6.92 Å². The minimum Gasteiger partial charge on any atom is -0.490 e. The zero-order valence-corrected chi connectivity index (χ0v) is 13.8. The Bertz CT molecular complexity index is 863. The van der Waals surface area contributed by atoms with Gasteiger partial charge in [0.15, 0.2) is 5.82 Å². The fourth-order valence-electron chi connectivity index (χ4n) is 2.28. The number of nitrogens with one attached hydrogen (secondary N) is 1. The van der Waals surface area contributed by atoms with E-state index in [9.17, 15) is 13.2 Å². The Morgan fingerprint density at radius 3 is 2.58 bits per heavy atom. The molecular weight excluding hydrogens is 351 g/mol. The van der Waals surface area contributed by atoms with Crippen molar-refractivity contribution in [1.82, 2.24) is 15.0 Å². The molecule has 0 bridgehead atoms. The summed E-state index contributed by atoms with van der Waals surface area (Å²) in [5, 5.41) is 0. The summed E-state index contributed by atoms with van der Waals surface area (Å²) in [7, 11) is 0. The SMILES string of the molecule is CCOCCOc1ccc(-c2nc3ccc(OC(F)(F)F)cc3[nH]2)nc1. The molecule has 0 fully saturated rings. The Kier molecular flexibility index (Phi) is 5.27. The second-order valence-electron chi connectivity index (χ2n) is 5.24. The van der Waals surface area contributed by atoms with Crippen LogP contribution < -0.4 is 9.47 Å². The van der Waals surface area contributed by atoms with E-state index >= 15 is 0 Å². The van der Waals surface area contributed by atoms with Crippen molar-refractivity contribution in [3.63, 3.8) is 0 Å². The average Bonchev–Trinajstić information content (AvgIpc) is 3.01. The Hall–Kier alpha value is -2.81. The number of imidazole rings is 1. The van der Waals surface area contributed by atoms with Crippen LogP contribution in [0, 0.1) is 0 Å². The lowest BCUT2D eigenvalue weighted by Gasteiger charge is -2.07. The van der Waals surface area contributed by atoms with Crippen LogP contribution in [-0.4, -0.2) is 41.1 Å². The van der Waals surface area contributed by atoms with E-state index in [0.29, 0.717) is 48.1 Å². The number of alkyl halides is 3. The van der Waals surface area contributed by atoms with E-state index in [-0.39, 0.29) is 5.75 Å². The minimum absolute atomic E-state index is 0.314. The largest absolute Gasteiger partial charge is 0.573 e. The highest BCUT2D eigenvalue weighted by Gasteiger charge is 2.31. The van der Waals surface area contributed by atoms with Crippen LogP contribution in [0.2, 0.25) is 0 Å². The number of rotatable bonds is 7. The van der Waals surface area contributed by atoms with Crippen LogP contribution in [-0.2, 0) is 4.74 Å². The van der Waals surface area contributed by atoms with Crippen LogP contribution in [0.5, 0.6) is 11.5 Å². The molecule has 1 aromatic carbocycles. The number of aromatic amines is 1. The highest BCUT2D eigenvalue weighted by molar-refractivity contribution is 5.80. The maximum absolute atomic E-state index is 12.3. The van der Waals surface area contributed by atoms with Gasteiger partial charge in [0, 0.05) is 12.7 Å². The molecule has 0 aliphatic rings. The van der Waals surface area contributed by atoms with Gasteiger partial charge in [0.2, 0.25) is 0 Å². The van der Waals surface area contributed by atoms with Crippen molar-refractivity contribution < 1.29 is 27.4 Å². The Balaban J connectivity index is 1.73. The minimum atomic E-state index is -4.74. The molecule has 0 unspecified atom stereocenters. The van der Waals surface area contributed by atoms with Crippen LogP contribution in [0.4, 0.5) is 13.2 Å². The number of fused-ring (bicyclic) bond motifs is 1. The van der Waals surface area contributed by atoms with Crippen molar-refractivity contribution in [2.45, 2.75) is 13.3 Å². The van der Waals surface area contributed by atoms with E-state index in [0.717, 1.165) is 0 Å². The van der Waals surface area contributed by atoms with Crippen molar-refractivity contribution in [3.05, 3.63) is 36.5 Å². The molecule has 9 heteroatoms. The average molecular weight is 367 g/mol. The molecule has 0 aliphatic carbocycles. The van der Waals surface area contributed by atoms with Gasteiger partial charge in [-0.15, -0.1) is 13.2 Å². The third kappa shape index (κ3) is 4.63. The fraction of sp³-hybridized carbons (Fsp3) is 0.294. The molecule has 0 spiro atoms. The Labute approximate surface area is 146 Å². The van der Waals surface area contributed by atoms with E-state index in [1.807, 2.05) is 6.92 Å². The Morgan fingerprint density at radius 1 is 1.08 bits per heavy atom. The normalized spacial score (nSPS) is 11.7. The standard InChI is InChI=1S/C17H16F3N3O3/c1-2-24-7-8-25-12-4-6-14(21-10-12)16-22-13-5-3-11(9-15(13)23-16)26-17(18,19)20/h3-6,9-10H,2,7-8H2,1H3,(H,22,23). The zero-order chi connectivity index (χ0) is 18.6. The number of hydrogen-bond donors (Lipinski definition) is 1. The predicted octanol–water partition coefficient (Wildman–Crippen LogP) is 3.94. The topological polar surface area (TPSA) is 69.3 Å². The number of aromatic nitrogens is 3. The molecule has 138 valence electrons. The number of halogens is 3. The first-order chi connectivity index (χ1) is 12.4. The van der Waals surface area contributed by atoms with Crippen LogP contribution in [0.15, 0.2) is 36.5 Å². The first-order valence-corrected chi connectivity index (χ1v) is 7.87. The molecule has 3 rings (SSSR count). The maximum atomic E-state index is 12.3. The van der Waals surface area contributed by atoms with Gasteiger partial charge in [-0.1, -0.05) is 0 Å². The number of hydrogen-bond acceptors (Lipinski definition) is 5. The molecule has 0 radical (unpaired) electrons. The fourth-order valence-corrected chi connectivity index (χ4v) is 2.28. The van der Waals surface area contributed by atoms with Crippen molar-refractivity contribution in [2.75, 3.05) is 19.8 Å². The van der Waals surface area contributed by atoms with E-state index in [2.05, 4.69) is 19.7 Å². The molecule has 6 nitrogen and oxygen atoms in total. The van der Waals surface area contributed by atoms with Gasteiger partial charge in [0.25, 0.3) is 0 Å². The van der Waals surface area contributed by atoms with Gasteiger partial charge in [-0.25, -0.2) is 9.97 Å². The molecule has 1 N–H and O–H groups in total. The zero-order valence-electron chi connectivity index (χ0n) is 13.8. The monoisotopic (exact) mass is 367 g/mol. The summed E-state index contributed by atoms with van der Waals surface area (Å²) in [5.41, 5.74) is 1.46. The first-order valence-electron chi connectivity index (χ1n) is 7.87. The van der Waals surface area contributed by atoms with E-state index in [1.165, 1.54) is 18.2 Å². The summed E-state index contributed by atoms with van der Waals surface area (Å²) in [6, 6.07) is 7.34. The smallest absolute Gasteiger partial charge is 0.490 e. The highest BCUT2D eigenvalue weighted by Crippen LogP contribution is 2.27. The third-order valence-electron chi connectivity index (χ3n) is 3.37. The lowest BCUT2D eigenvalue weighted by Crippen LogP contribution is -2.16. The van der Waals surface area contributed by atoms with Gasteiger partial charge < -0.3 is 19.2 Å². The molecule has 0 amide bonds. The van der Waals surface area contributed by atoms with Crippen LogP contribution >= 0.6 is 0 Å². The number of ether oxygens (including phenoxy) is 3. The van der Waals surface area contributed by atoms with Crippen molar-refractivity contribution in [2.24, 2.45) is 0 Å². The summed E-state index contributed by atoms with van der Waals surface area (Å²) in [6.07, 6.45) is -3.19. The number of H-pyrrole nitrogens is 1. The second kappa shape index (κ2) is 7.61. The number of pyridine rings is 1. The van der Waals surface area contributed by atoms with E-state index in [4.69, 9.17) is 9.47 Å². The summed E-state index contributed by atoms with van der Waals surface area (Å²) < 4.78 is 51.5. The van der Waals surface area contributed by atoms with Crippen molar-refractivity contribution >= 4 is 11.0 Å². The molecule has 0 saturated heterocycles. The van der Waals surface area contributed by atoms with Gasteiger partial charge >= 0.3 is 6.36 Å². The quantitative estimate of drug-likeness (QED) is 0.641. The molecule has 3 aromatic rings. The summed E-state index contributed by atoms with van der Waals surface area (Å²) in [6.45, 7) is 3.44. The molecular formula is C17H16F3N3O3. The lowest BCUT2D eigenvalue weighted by atomic mass is 10.3. The summed E-state index contributed by atoms with van der Waals surface area (Å²) >= 11 is 0. The number of nitrogens with zero attached hydrogens (tertiary/aromatic N) is 2. The molecule has 0 saturated carbocycles. The molecule has 0 atom stereocenters. The molecule has 2 heterocycles. The van der Waals surface area contributed by atoms with Gasteiger partial charge in [-0.2, -0.15) is 0 Å². The van der Waals surface area contributed by atoms with E-state index < -0.39 is 6.36 Å². The maximum Gasteiger partial charge on any atom is 0.573 e. The Morgan fingerprint density at radius 2 is 1.88 bits per heavy atom. The number of benzene rings is 1. The van der Waals surface area contributed by atoms with Crippen molar-refractivity contribution in [3.8, 4) is 23.0 Å². The summed E-state index contributed by atoms with van der Waals surface area (Å²) in [5.74, 6) is 0.710. The highest BCUT2D eigenvalue weighted by atomic mass is 19.4. The van der Waals surface area contributed by atoms with Gasteiger partial charge in [-0.3, -0.25) is 0 Å². The third-order valence-corrected chi connectivity index (χ3v) is 3.37. The molecule has 26 heavy (non-hydrogen) atoms. The molecule has 2 aromatic heterocycles. The van der Waals surface area contributed by atoms with Crippen molar-refractivity contribution in [1.29, 1.82) is 0 Å². The predicted molar refractivity (Wildman–Crippen MR) is 88.0 cm³/mol. The van der Waals surface area contributed by atoms with Crippen LogP contribution in [0.3, 0.4) is 0 Å². The van der Waals surface area contributed by atoms with Crippen LogP contribution in [0.25, 0.3) is 22.6 Å². The van der Waals surface area contributed by atoms with E-state index in [1.54, 1.807) is 18.3 Å². The summed E-state index contributed by atoms with van der Waals surface area (Å²) in [4.78, 5) is 11.5.